The number of amides is 2. The van der Waals surface area contributed by atoms with E-state index >= 15 is 0 Å². The maximum absolute atomic E-state index is 12.5. The lowest BCUT2D eigenvalue weighted by atomic mass is 10.1. The minimum absolute atomic E-state index is 0.179. The van der Waals surface area contributed by atoms with Crippen LogP contribution in [-0.4, -0.2) is 36.4 Å². The van der Waals surface area contributed by atoms with Crippen LogP contribution < -0.4 is 10.6 Å². The number of carbonyl (C=O) groups is 1. The molecular weight excluding hydrogens is 336 g/mol. The number of halogens is 1. The highest BCUT2D eigenvalue weighted by Crippen LogP contribution is 2.18. The van der Waals surface area contributed by atoms with Crippen molar-refractivity contribution >= 4 is 34.8 Å². The van der Waals surface area contributed by atoms with Gasteiger partial charge in [-0.3, -0.25) is 9.89 Å². The molecule has 2 aromatic rings. The Balaban J connectivity index is 1.63. The number of nitrogens with one attached hydrogen (secondary N) is 2. The van der Waals surface area contributed by atoms with Gasteiger partial charge in [0.15, 0.2) is 0 Å². The van der Waals surface area contributed by atoms with Gasteiger partial charge in [-0.1, -0.05) is 23.7 Å². The quantitative estimate of drug-likeness (QED) is 0.857. The largest absolute Gasteiger partial charge is 0.378 e. The van der Waals surface area contributed by atoms with E-state index in [9.17, 15) is 4.79 Å². The van der Waals surface area contributed by atoms with E-state index in [1.165, 1.54) is 11.1 Å². The van der Waals surface area contributed by atoms with Gasteiger partial charge in [-0.25, -0.2) is 4.79 Å². The number of nitrogens with zero attached hydrogens (tertiary/aromatic N) is 2. The van der Waals surface area contributed by atoms with Crippen molar-refractivity contribution in [2.24, 2.45) is 4.99 Å². The van der Waals surface area contributed by atoms with Crippen LogP contribution in [0.3, 0.4) is 0 Å². The van der Waals surface area contributed by atoms with Crippen LogP contribution in [-0.2, 0) is 0 Å². The van der Waals surface area contributed by atoms with Crippen molar-refractivity contribution in [3.05, 3.63) is 58.6 Å². The van der Waals surface area contributed by atoms with E-state index in [-0.39, 0.29) is 6.03 Å². The molecule has 0 atom stereocenters. The molecule has 2 N–H and O–H groups in total. The topological polar surface area (TPSA) is 56.7 Å². The molecule has 6 heteroatoms. The molecule has 0 bridgehead atoms. The maximum atomic E-state index is 12.5. The molecule has 0 saturated carbocycles. The van der Waals surface area contributed by atoms with Crippen molar-refractivity contribution in [1.29, 1.82) is 0 Å². The number of aryl methyl sites for hydroxylation is 1. The fraction of sp³-hybridized carbons (Fsp3) is 0.263. The van der Waals surface area contributed by atoms with Gasteiger partial charge in [0.25, 0.3) is 0 Å². The van der Waals surface area contributed by atoms with E-state index in [0.29, 0.717) is 30.3 Å². The average molecular weight is 357 g/mol. The van der Waals surface area contributed by atoms with Crippen LogP contribution in [0.25, 0.3) is 0 Å². The zero-order valence-electron chi connectivity index (χ0n) is 14.3. The van der Waals surface area contributed by atoms with Crippen molar-refractivity contribution in [3.63, 3.8) is 0 Å². The molecule has 1 aliphatic heterocycles. The van der Waals surface area contributed by atoms with Gasteiger partial charge in [-0.2, -0.15) is 0 Å². The smallest absolute Gasteiger partial charge is 0.327 e. The van der Waals surface area contributed by atoms with Gasteiger partial charge in [0, 0.05) is 22.9 Å². The Hall–Kier alpha value is -2.53. The van der Waals surface area contributed by atoms with E-state index in [1.807, 2.05) is 12.1 Å². The zero-order chi connectivity index (χ0) is 17.8. The molecule has 0 aromatic heterocycles. The summed E-state index contributed by atoms with van der Waals surface area (Å²) in [6.45, 7) is 5.89. The first kappa shape index (κ1) is 17.3. The monoisotopic (exact) mass is 356 g/mol. The summed E-state index contributed by atoms with van der Waals surface area (Å²) in [5.41, 5.74) is 4.21. The molecule has 25 heavy (non-hydrogen) atoms. The molecule has 0 spiro atoms. The van der Waals surface area contributed by atoms with Gasteiger partial charge >= 0.3 is 6.03 Å². The highest BCUT2D eigenvalue weighted by atomic mass is 35.5. The third-order valence-electron chi connectivity index (χ3n) is 4.31. The van der Waals surface area contributed by atoms with Gasteiger partial charge < -0.3 is 10.6 Å². The second-order valence-corrected chi connectivity index (χ2v) is 6.42. The third kappa shape index (κ3) is 4.12. The van der Waals surface area contributed by atoms with Crippen LogP contribution in [0.5, 0.6) is 0 Å². The third-order valence-corrected chi connectivity index (χ3v) is 4.56. The van der Waals surface area contributed by atoms with Crippen LogP contribution in [0.4, 0.5) is 16.2 Å². The fourth-order valence-corrected chi connectivity index (χ4v) is 2.83. The molecule has 3 rings (SSSR count). The first-order valence-electron chi connectivity index (χ1n) is 8.22. The number of hydrogen-bond acceptors (Lipinski definition) is 3. The molecule has 0 unspecified atom stereocenters. The standard InChI is InChI=1S/C19H21ClN4O/c1-13-4-3-5-17(14(13)2)22-12-18-21-10-11-24(18)19(25)23-16-8-6-15(20)7-9-16/h3-9,22H,10-12H2,1-2H3,(H,23,25). The minimum atomic E-state index is -0.179. The van der Waals surface area contributed by atoms with Crippen LogP contribution in [0.1, 0.15) is 11.1 Å². The normalized spacial score (nSPS) is 13.6. The highest BCUT2D eigenvalue weighted by molar-refractivity contribution is 6.30. The number of urea groups is 1. The lowest BCUT2D eigenvalue weighted by Gasteiger charge is -2.20. The number of carbonyl (C=O) groups excluding carboxylic acids is 1. The second-order valence-electron chi connectivity index (χ2n) is 5.99. The first-order chi connectivity index (χ1) is 12.0. The summed E-state index contributed by atoms with van der Waals surface area (Å²) in [5.74, 6) is 0.743. The predicted molar refractivity (Wildman–Crippen MR) is 104 cm³/mol. The summed E-state index contributed by atoms with van der Waals surface area (Å²) >= 11 is 5.87. The Labute approximate surface area is 152 Å². The van der Waals surface area contributed by atoms with E-state index < -0.39 is 0 Å². The molecule has 0 saturated heterocycles. The van der Waals surface area contributed by atoms with Crippen LogP contribution in [0.15, 0.2) is 47.5 Å². The number of anilines is 2. The molecule has 130 valence electrons. The summed E-state index contributed by atoms with van der Waals surface area (Å²) in [6.07, 6.45) is 0. The Bertz CT molecular complexity index is 802. The Kier molecular flexibility index (Phi) is 5.24. The van der Waals surface area contributed by atoms with Gasteiger partial charge in [0.1, 0.15) is 5.84 Å². The fourth-order valence-electron chi connectivity index (χ4n) is 2.70. The molecule has 1 aliphatic rings. The summed E-state index contributed by atoms with van der Waals surface area (Å²) in [5, 5.41) is 6.90. The van der Waals surface area contributed by atoms with E-state index in [4.69, 9.17) is 11.6 Å². The summed E-state index contributed by atoms with van der Waals surface area (Å²) < 4.78 is 0. The van der Waals surface area contributed by atoms with Crippen molar-refractivity contribution in [2.75, 3.05) is 30.3 Å². The Morgan fingerprint density at radius 2 is 1.96 bits per heavy atom. The van der Waals surface area contributed by atoms with E-state index in [0.717, 1.165) is 11.5 Å². The average Bonchev–Trinajstić information content (AvgIpc) is 3.07. The van der Waals surface area contributed by atoms with Gasteiger partial charge in [0.05, 0.1) is 13.1 Å². The van der Waals surface area contributed by atoms with Gasteiger partial charge in [-0.05, 0) is 55.3 Å². The Morgan fingerprint density at radius 3 is 2.72 bits per heavy atom. The number of hydrogen-bond donors (Lipinski definition) is 2. The number of benzene rings is 2. The molecule has 0 fully saturated rings. The van der Waals surface area contributed by atoms with Crippen molar-refractivity contribution in [1.82, 2.24) is 4.90 Å². The summed E-state index contributed by atoms with van der Waals surface area (Å²) in [6, 6.07) is 13.0. The molecule has 2 amide bonds. The van der Waals surface area contributed by atoms with Crippen LogP contribution in [0.2, 0.25) is 5.02 Å². The molecule has 0 aliphatic carbocycles. The Morgan fingerprint density at radius 1 is 1.20 bits per heavy atom. The predicted octanol–water partition coefficient (Wildman–Crippen LogP) is 4.31. The minimum Gasteiger partial charge on any atom is -0.378 e. The maximum Gasteiger partial charge on any atom is 0.327 e. The lowest BCUT2D eigenvalue weighted by Crippen LogP contribution is -2.40. The van der Waals surface area contributed by atoms with Crippen LogP contribution >= 0.6 is 11.6 Å². The molecular formula is C19H21ClN4O. The van der Waals surface area contributed by atoms with Gasteiger partial charge in [0.2, 0.25) is 0 Å². The SMILES string of the molecule is Cc1cccc(NCC2=NCCN2C(=O)Nc2ccc(Cl)cc2)c1C. The summed E-state index contributed by atoms with van der Waals surface area (Å²) in [4.78, 5) is 18.6. The van der Waals surface area contributed by atoms with Crippen molar-refractivity contribution in [2.45, 2.75) is 13.8 Å². The zero-order valence-corrected chi connectivity index (χ0v) is 15.1. The number of aliphatic imine (C=N–C) groups is 1. The van der Waals surface area contributed by atoms with Crippen molar-refractivity contribution in [3.8, 4) is 0 Å². The van der Waals surface area contributed by atoms with Gasteiger partial charge in [-0.15, -0.1) is 0 Å². The molecule has 2 aromatic carbocycles. The molecule has 1 heterocycles. The van der Waals surface area contributed by atoms with Crippen molar-refractivity contribution < 1.29 is 4.79 Å². The first-order valence-corrected chi connectivity index (χ1v) is 8.60. The lowest BCUT2D eigenvalue weighted by molar-refractivity contribution is 0.236. The van der Waals surface area contributed by atoms with E-state index in [1.54, 1.807) is 29.2 Å². The summed E-state index contributed by atoms with van der Waals surface area (Å²) in [7, 11) is 0. The van der Waals surface area contributed by atoms with Crippen LogP contribution in [0, 0.1) is 13.8 Å². The number of amidine groups is 1. The highest BCUT2D eigenvalue weighted by Gasteiger charge is 2.23. The van der Waals surface area contributed by atoms with E-state index in [2.05, 4.69) is 35.5 Å². The molecule has 5 nitrogen and oxygen atoms in total. The second kappa shape index (κ2) is 7.57. The number of rotatable bonds is 4. The molecule has 0 radical (unpaired) electrons.